The molecule has 0 aromatic heterocycles. The van der Waals surface area contributed by atoms with Gasteiger partial charge in [0, 0.05) is 0 Å². The van der Waals surface area contributed by atoms with Crippen LogP contribution in [0, 0.1) is 18.6 Å². The first-order valence-electron chi connectivity index (χ1n) is 5.40. The van der Waals surface area contributed by atoms with Crippen molar-refractivity contribution in [1.29, 1.82) is 0 Å². The van der Waals surface area contributed by atoms with E-state index >= 15 is 0 Å². The maximum atomic E-state index is 13.6. The molecule has 0 aliphatic rings. The SMILES string of the molecule is Cc1cc(OCc2ccccc2)c(F)c(F)c1Br. The molecule has 0 unspecified atom stereocenters. The molecule has 0 atom stereocenters. The summed E-state index contributed by atoms with van der Waals surface area (Å²) in [5.74, 6) is -1.96. The lowest BCUT2D eigenvalue weighted by Crippen LogP contribution is -2.00. The van der Waals surface area contributed by atoms with Crippen LogP contribution in [0.5, 0.6) is 5.75 Å². The van der Waals surface area contributed by atoms with E-state index in [1.54, 1.807) is 6.92 Å². The Labute approximate surface area is 113 Å². The molecule has 94 valence electrons. The second kappa shape index (κ2) is 5.48. The minimum Gasteiger partial charge on any atom is -0.486 e. The average molecular weight is 313 g/mol. The summed E-state index contributed by atoms with van der Waals surface area (Å²) in [4.78, 5) is 0. The summed E-state index contributed by atoms with van der Waals surface area (Å²) in [5.41, 5.74) is 1.50. The predicted molar refractivity (Wildman–Crippen MR) is 69.6 cm³/mol. The molecule has 2 aromatic rings. The molecule has 0 N–H and O–H groups in total. The number of aryl methyl sites for hydroxylation is 1. The van der Waals surface area contributed by atoms with Gasteiger partial charge in [-0.25, -0.2) is 4.39 Å². The first-order valence-corrected chi connectivity index (χ1v) is 6.19. The third kappa shape index (κ3) is 2.70. The highest BCUT2D eigenvalue weighted by Crippen LogP contribution is 2.30. The Hall–Kier alpha value is -1.42. The topological polar surface area (TPSA) is 9.23 Å². The lowest BCUT2D eigenvalue weighted by Gasteiger charge is -2.10. The van der Waals surface area contributed by atoms with Crippen LogP contribution < -0.4 is 4.74 Å². The molecule has 0 radical (unpaired) electrons. The molecule has 0 heterocycles. The van der Waals surface area contributed by atoms with E-state index < -0.39 is 11.6 Å². The van der Waals surface area contributed by atoms with E-state index in [0.717, 1.165) is 5.56 Å². The van der Waals surface area contributed by atoms with Gasteiger partial charge in [0.25, 0.3) is 0 Å². The van der Waals surface area contributed by atoms with Crippen LogP contribution in [0.25, 0.3) is 0 Å². The number of rotatable bonds is 3. The third-order valence-corrected chi connectivity index (χ3v) is 3.51. The second-order valence-electron chi connectivity index (χ2n) is 3.91. The Morgan fingerprint density at radius 2 is 1.78 bits per heavy atom. The zero-order chi connectivity index (χ0) is 13.1. The van der Waals surface area contributed by atoms with Crippen molar-refractivity contribution in [2.45, 2.75) is 13.5 Å². The van der Waals surface area contributed by atoms with Crippen LogP contribution in [0.15, 0.2) is 40.9 Å². The summed E-state index contributed by atoms with van der Waals surface area (Å²) in [6.45, 7) is 1.89. The molecule has 0 fully saturated rings. The lowest BCUT2D eigenvalue weighted by molar-refractivity contribution is 0.284. The van der Waals surface area contributed by atoms with Gasteiger partial charge in [-0.05, 0) is 40.0 Å². The summed E-state index contributed by atoms with van der Waals surface area (Å²) in [6, 6.07) is 10.8. The van der Waals surface area contributed by atoms with Crippen molar-refractivity contribution in [3.05, 3.63) is 63.6 Å². The van der Waals surface area contributed by atoms with Gasteiger partial charge in [0.15, 0.2) is 11.6 Å². The fourth-order valence-electron chi connectivity index (χ4n) is 1.54. The van der Waals surface area contributed by atoms with Crippen LogP contribution in [0.3, 0.4) is 0 Å². The molecule has 4 heteroatoms. The largest absolute Gasteiger partial charge is 0.486 e. The Morgan fingerprint density at radius 3 is 2.44 bits per heavy atom. The van der Waals surface area contributed by atoms with Crippen LogP contribution in [-0.4, -0.2) is 0 Å². The first kappa shape index (κ1) is 13.0. The molecule has 0 saturated carbocycles. The maximum absolute atomic E-state index is 13.6. The number of benzene rings is 2. The number of hydrogen-bond acceptors (Lipinski definition) is 1. The maximum Gasteiger partial charge on any atom is 0.201 e. The van der Waals surface area contributed by atoms with Gasteiger partial charge in [-0.15, -0.1) is 0 Å². The van der Waals surface area contributed by atoms with Crippen molar-refractivity contribution in [1.82, 2.24) is 0 Å². The number of halogens is 3. The summed E-state index contributed by atoms with van der Waals surface area (Å²) in [7, 11) is 0. The molecule has 2 aromatic carbocycles. The molecule has 0 bridgehead atoms. The van der Waals surface area contributed by atoms with E-state index in [4.69, 9.17) is 4.74 Å². The monoisotopic (exact) mass is 312 g/mol. The summed E-state index contributed by atoms with van der Waals surface area (Å²) >= 11 is 2.99. The van der Waals surface area contributed by atoms with Crippen molar-refractivity contribution in [3.8, 4) is 5.75 Å². The van der Waals surface area contributed by atoms with E-state index in [-0.39, 0.29) is 16.8 Å². The molecular weight excluding hydrogens is 302 g/mol. The van der Waals surface area contributed by atoms with Crippen LogP contribution in [0.1, 0.15) is 11.1 Å². The molecular formula is C14H11BrF2O. The van der Waals surface area contributed by atoms with Crippen molar-refractivity contribution in [2.24, 2.45) is 0 Å². The van der Waals surface area contributed by atoms with Gasteiger partial charge in [-0.2, -0.15) is 4.39 Å². The van der Waals surface area contributed by atoms with E-state index in [1.807, 2.05) is 30.3 Å². The predicted octanol–water partition coefficient (Wildman–Crippen LogP) is 4.61. The Morgan fingerprint density at radius 1 is 1.11 bits per heavy atom. The normalized spacial score (nSPS) is 10.4. The smallest absolute Gasteiger partial charge is 0.201 e. The molecule has 1 nitrogen and oxygen atoms in total. The fraction of sp³-hybridized carbons (Fsp3) is 0.143. The molecule has 18 heavy (non-hydrogen) atoms. The molecule has 0 aliphatic carbocycles. The Bertz CT molecular complexity index is 555. The standard InChI is InChI=1S/C14H11BrF2O/c1-9-7-11(13(16)14(17)12(9)15)18-8-10-5-3-2-4-6-10/h2-7H,8H2,1H3. The van der Waals surface area contributed by atoms with Crippen LogP contribution in [-0.2, 0) is 6.61 Å². The molecule has 2 rings (SSSR count). The minimum atomic E-state index is -0.969. The van der Waals surface area contributed by atoms with Crippen molar-refractivity contribution < 1.29 is 13.5 Å². The highest BCUT2D eigenvalue weighted by atomic mass is 79.9. The van der Waals surface area contributed by atoms with E-state index in [9.17, 15) is 8.78 Å². The van der Waals surface area contributed by atoms with Crippen LogP contribution >= 0.6 is 15.9 Å². The van der Waals surface area contributed by atoms with Gasteiger partial charge in [0.1, 0.15) is 6.61 Å². The molecule has 0 saturated heterocycles. The Kier molecular flexibility index (Phi) is 3.97. The van der Waals surface area contributed by atoms with Gasteiger partial charge in [0.05, 0.1) is 4.47 Å². The summed E-state index contributed by atoms with van der Waals surface area (Å²) in [6.07, 6.45) is 0. The highest BCUT2D eigenvalue weighted by molar-refractivity contribution is 9.10. The zero-order valence-electron chi connectivity index (χ0n) is 9.71. The summed E-state index contributed by atoms with van der Waals surface area (Å²) < 4.78 is 32.5. The van der Waals surface area contributed by atoms with E-state index in [1.165, 1.54) is 6.07 Å². The quantitative estimate of drug-likeness (QED) is 0.752. The average Bonchev–Trinajstić information content (AvgIpc) is 2.40. The van der Waals surface area contributed by atoms with Gasteiger partial charge in [-0.1, -0.05) is 30.3 Å². The molecule has 0 aliphatic heterocycles. The Balaban J connectivity index is 2.20. The minimum absolute atomic E-state index is 0.0722. The van der Waals surface area contributed by atoms with Crippen molar-refractivity contribution in [3.63, 3.8) is 0 Å². The van der Waals surface area contributed by atoms with Crippen LogP contribution in [0.4, 0.5) is 8.78 Å². The zero-order valence-corrected chi connectivity index (χ0v) is 11.3. The highest BCUT2D eigenvalue weighted by Gasteiger charge is 2.15. The van der Waals surface area contributed by atoms with Gasteiger partial charge < -0.3 is 4.74 Å². The fourth-order valence-corrected chi connectivity index (χ4v) is 1.83. The van der Waals surface area contributed by atoms with Gasteiger partial charge in [-0.3, -0.25) is 0 Å². The van der Waals surface area contributed by atoms with E-state index in [0.29, 0.717) is 5.56 Å². The number of hydrogen-bond donors (Lipinski definition) is 0. The first-order chi connectivity index (χ1) is 8.59. The summed E-state index contributed by atoms with van der Waals surface area (Å²) in [5, 5.41) is 0. The molecule has 0 amide bonds. The van der Waals surface area contributed by atoms with Gasteiger partial charge in [0.2, 0.25) is 5.82 Å². The van der Waals surface area contributed by atoms with Crippen molar-refractivity contribution >= 4 is 15.9 Å². The van der Waals surface area contributed by atoms with Crippen LogP contribution in [0.2, 0.25) is 0 Å². The lowest BCUT2D eigenvalue weighted by atomic mass is 10.2. The number of ether oxygens (including phenoxy) is 1. The second-order valence-corrected chi connectivity index (χ2v) is 4.70. The molecule has 0 spiro atoms. The van der Waals surface area contributed by atoms with Crippen molar-refractivity contribution in [2.75, 3.05) is 0 Å². The third-order valence-electron chi connectivity index (χ3n) is 2.53. The van der Waals surface area contributed by atoms with Gasteiger partial charge >= 0.3 is 0 Å². The van der Waals surface area contributed by atoms with E-state index in [2.05, 4.69) is 15.9 Å².